The normalized spacial score (nSPS) is 12.1. The Morgan fingerprint density at radius 2 is 1.92 bits per heavy atom. The number of hydrogen-bond donors (Lipinski definition) is 0. The third kappa shape index (κ3) is 3.10. The lowest BCUT2D eigenvalue weighted by atomic mass is 10.1. The molecular formula is C19H18N2O4. The van der Waals surface area contributed by atoms with E-state index in [0.717, 1.165) is 11.0 Å². The highest BCUT2D eigenvalue weighted by Crippen LogP contribution is 2.28. The van der Waals surface area contributed by atoms with Crippen LogP contribution in [-0.4, -0.2) is 22.8 Å². The van der Waals surface area contributed by atoms with Crippen LogP contribution < -0.4 is 0 Å². The highest BCUT2D eigenvalue weighted by Gasteiger charge is 2.23. The molecule has 0 saturated heterocycles. The van der Waals surface area contributed by atoms with Gasteiger partial charge >= 0.3 is 0 Å². The minimum absolute atomic E-state index is 0.0596. The van der Waals surface area contributed by atoms with Gasteiger partial charge in [-0.2, -0.15) is 0 Å². The van der Waals surface area contributed by atoms with Crippen LogP contribution in [0.2, 0.25) is 0 Å². The largest absolute Gasteiger partial charge is 0.459 e. The van der Waals surface area contributed by atoms with Crippen LogP contribution in [0, 0.1) is 17.0 Å². The van der Waals surface area contributed by atoms with Crippen molar-refractivity contribution in [2.24, 2.45) is 0 Å². The number of nitro benzene ring substituents is 1. The molecular weight excluding hydrogens is 320 g/mol. The number of carbonyl (C=O) groups excluding carboxylic acids is 1. The fraction of sp³-hybridized carbons (Fsp3) is 0.211. The molecule has 1 unspecified atom stereocenters. The highest BCUT2D eigenvalue weighted by molar-refractivity contribution is 5.95. The third-order valence-electron chi connectivity index (χ3n) is 4.41. The van der Waals surface area contributed by atoms with E-state index in [9.17, 15) is 14.9 Å². The van der Waals surface area contributed by atoms with Crippen molar-refractivity contribution < 1.29 is 14.1 Å². The molecule has 0 aliphatic heterocycles. The molecule has 0 aliphatic rings. The number of amides is 1. The number of aryl methyl sites for hydroxylation is 1. The van der Waals surface area contributed by atoms with Gasteiger partial charge in [-0.3, -0.25) is 14.9 Å². The predicted octanol–water partition coefficient (Wildman–Crippen LogP) is 4.48. The van der Waals surface area contributed by atoms with E-state index in [-0.39, 0.29) is 23.2 Å². The first-order valence-electron chi connectivity index (χ1n) is 7.89. The van der Waals surface area contributed by atoms with Crippen molar-refractivity contribution in [3.8, 4) is 0 Å². The van der Waals surface area contributed by atoms with Crippen LogP contribution in [0.25, 0.3) is 11.0 Å². The summed E-state index contributed by atoms with van der Waals surface area (Å²) in [5.74, 6) is 0.370. The number of carbonyl (C=O) groups is 1. The third-order valence-corrected chi connectivity index (χ3v) is 4.41. The van der Waals surface area contributed by atoms with Crippen LogP contribution in [-0.2, 0) is 0 Å². The van der Waals surface area contributed by atoms with E-state index in [0.29, 0.717) is 11.3 Å². The summed E-state index contributed by atoms with van der Waals surface area (Å²) in [6.45, 7) is 3.51. The van der Waals surface area contributed by atoms with Crippen molar-refractivity contribution in [2.45, 2.75) is 19.9 Å². The van der Waals surface area contributed by atoms with Crippen LogP contribution in [0.15, 0.2) is 52.9 Å². The molecule has 3 aromatic rings. The molecule has 3 rings (SSSR count). The van der Waals surface area contributed by atoms with Gasteiger partial charge in [0.25, 0.3) is 11.6 Å². The first kappa shape index (κ1) is 16.7. The zero-order valence-electron chi connectivity index (χ0n) is 14.2. The van der Waals surface area contributed by atoms with Crippen molar-refractivity contribution in [2.75, 3.05) is 7.05 Å². The summed E-state index contributed by atoms with van der Waals surface area (Å²) in [5.41, 5.74) is 1.50. The summed E-state index contributed by atoms with van der Waals surface area (Å²) in [7, 11) is 1.66. The summed E-state index contributed by atoms with van der Waals surface area (Å²) >= 11 is 0. The quantitative estimate of drug-likeness (QED) is 0.519. The van der Waals surface area contributed by atoms with Gasteiger partial charge in [-0.1, -0.05) is 24.3 Å². The van der Waals surface area contributed by atoms with Gasteiger partial charge in [-0.25, -0.2) is 0 Å². The zero-order chi connectivity index (χ0) is 18.1. The van der Waals surface area contributed by atoms with E-state index < -0.39 is 4.92 Å². The van der Waals surface area contributed by atoms with Gasteiger partial charge in [0.2, 0.25) is 0 Å². The molecule has 128 valence electrons. The van der Waals surface area contributed by atoms with E-state index in [2.05, 4.69) is 0 Å². The molecule has 0 spiro atoms. The van der Waals surface area contributed by atoms with Crippen molar-refractivity contribution >= 4 is 22.6 Å². The van der Waals surface area contributed by atoms with Gasteiger partial charge in [0, 0.05) is 29.6 Å². The molecule has 0 radical (unpaired) electrons. The van der Waals surface area contributed by atoms with Gasteiger partial charge < -0.3 is 9.32 Å². The van der Waals surface area contributed by atoms with Crippen LogP contribution in [0.5, 0.6) is 0 Å². The molecule has 1 aromatic heterocycles. The van der Waals surface area contributed by atoms with Crippen LogP contribution in [0.1, 0.15) is 34.6 Å². The molecule has 1 heterocycles. The topological polar surface area (TPSA) is 76.6 Å². The van der Waals surface area contributed by atoms with Gasteiger partial charge in [0.15, 0.2) is 0 Å². The zero-order valence-corrected chi connectivity index (χ0v) is 14.2. The Kier molecular flexibility index (Phi) is 4.27. The highest BCUT2D eigenvalue weighted by atomic mass is 16.6. The van der Waals surface area contributed by atoms with E-state index in [1.54, 1.807) is 26.1 Å². The van der Waals surface area contributed by atoms with E-state index in [1.807, 2.05) is 37.3 Å². The predicted molar refractivity (Wildman–Crippen MR) is 94.6 cm³/mol. The fourth-order valence-electron chi connectivity index (χ4n) is 2.72. The summed E-state index contributed by atoms with van der Waals surface area (Å²) in [4.78, 5) is 24.9. The summed E-state index contributed by atoms with van der Waals surface area (Å²) in [6, 6.07) is 13.7. The number of rotatable bonds is 4. The molecule has 25 heavy (non-hydrogen) atoms. The number of fused-ring (bicyclic) bond motifs is 1. The first-order valence-corrected chi connectivity index (χ1v) is 7.89. The maximum Gasteiger partial charge on any atom is 0.273 e. The lowest BCUT2D eigenvalue weighted by Gasteiger charge is -2.23. The molecule has 2 aromatic carbocycles. The molecule has 0 fully saturated rings. The molecule has 0 saturated carbocycles. The molecule has 6 nitrogen and oxygen atoms in total. The average molecular weight is 338 g/mol. The van der Waals surface area contributed by atoms with Gasteiger partial charge in [0.05, 0.1) is 11.0 Å². The number of hydrogen-bond acceptors (Lipinski definition) is 4. The molecule has 1 atom stereocenters. The minimum Gasteiger partial charge on any atom is -0.459 e. The van der Waals surface area contributed by atoms with Crippen molar-refractivity contribution in [3.63, 3.8) is 0 Å². The molecule has 0 bridgehead atoms. The molecule has 0 N–H and O–H groups in total. The molecule has 1 amide bonds. The Bertz CT molecular complexity index is 928. The van der Waals surface area contributed by atoms with Crippen LogP contribution in [0.4, 0.5) is 5.69 Å². The number of benzene rings is 2. The Hall–Kier alpha value is -3.15. The van der Waals surface area contributed by atoms with Gasteiger partial charge in [-0.15, -0.1) is 0 Å². The fourth-order valence-corrected chi connectivity index (χ4v) is 2.72. The van der Waals surface area contributed by atoms with Crippen molar-refractivity contribution in [1.29, 1.82) is 0 Å². The maximum atomic E-state index is 12.7. The minimum atomic E-state index is -0.477. The second-order valence-electron chi connectivity index (χ2n) is 6.04. The lowest BCUT2D eigenvalue weighted by molar-refractivity contribution is -0.385. The van der Waals surface area contributed by atoms with Crippen molar-refractivity contribution in [3.05, 3.63) is 75.5 Å². The second kappa shape index (κ2) is 6.39. The molecule has 0 aliphatic carbocycles. The lowest BCUT2D eigenvalue weighted by Crippen LogP contribution is -2.29. The van der Waals surface area contributed by atoms with Gasteiger partial charge in [-0.05, 0) is 32.0 Å². The Labute approximate surface area is 144 Å². The summed E-state index contributed by atoms with van der Waals surface area (Å²) < 4.78 is 5.82. The maximum absolute atomic E-state index is 12.7. The average Bonchev–Trinajstić information content (AvgIpc) is 3.04. The second-order valence-corrected chi connectivity index (χ2v) is 6.04. The number of para-hydroxylation sites is 1. The van der Waals surface area contributed by atoms with E-state index in [1.165, 1.54) is 11.0 Å². The Morgan fingerprint density at radius 3 is 2.60 bits per heavy atom. The monoisotopic (exact) mass is 338 g/mol. The standard InChI is InChI=1S/C19H18N2O4/c1-12-8-9-15(10-16(12)21(23)24)19(22)20(3)13(2)18-11-14-6-4-5-7-17(14)25-18/h4-11,13H,1-3H3. The Balaban J connectivity index is 1.89. The summed E-state index contributed by atoms with van der Waals surface area (Å²) in [6.07, 6.45) is 0. The first-order chi connectivity index (χ1) is 11.9. The van der Waals surface area contributed by atoms with E-state index in [4.69, 9.17) is 4.42 Å². The van der Waals surface area contributed by atoms with E-state index >= 15 is 0 Å². The SMILES string of the molecule is Cc1ccc(C(=O)N(C)C(C)c2cc3ccccc3o2)cc1[N+](=O)[O-]. The smallest absolute Gasteiger partial charge is 0.273 e. The Morgan fingerprint density at radius 1 is 1.20 bits per heavy atom. The molecule has 6 heteroatoms. The number of nitro groups is 1. The van der Waals surface area contributed by atoms with Gasteiger partial charge in [0.1, 0.15) is 11.3 Å². The van der Waals surface area contributed by atoms with Crippen molar-refractivity contribution in [1.82, 2.24) is 4.90 Å². The number of furan rings is 1. The van der Waals surface area contributed by atoms with Crippen LogP contribution >= 0.6 is 0 Å². The number of nitrogens with zero attached hydrogens (tertiary/aromatic N) is 2. The summed E-state index contributed by atoms with van der Waals surface area (Å²) in [5, 5.41) is 12.1. The van der Waals surface area contributed by atoms with Crippen LogP contribution in [0.3, 0.4) is 0 Å².